The van der Waals surface area contributed by atoms with Crippen LogP contribution in [0.5, 0.6) is 17.2 Å². The molecule has 1 aromatic heterocycles. The summed E-state index contributed by atoms with van der Waals surface area (Å²) < 4.78 is 18.3. The molecule has 11 heteroatoms. The van der Waals surface area contributed by atoms with Gasteiger partial charge in [0.05, 0.1) is 21.3 Å². The quantitative estimate of drug-likeness (QED) is 0.168. The first-order chi connectivity index (χ1) is 21.4. The highest BCUT2D eigenvalue weighted by atomic mass is 32.2. The summed E-state index contributed by atoms with van der Waals surface area (Å²) >= 11 is 1.58. The van der Waals surface area contributed by atoms with Crippen LogP contribution in [0.3, 0.4) is 0 Å². The van der Waals surface area contributed by atoms with E-state index in [4.69, 9.17) is 14.2 Å². The Bertz CT molecular complexity index is 1570. The molecular weight excluding hydrogens is 578 g/mol. The molecule has 0 saturated carbocycles. The minimum Gasteiger partial charge on any atom is -0.497 e. The van der Waals surface area contributed by atoms with E-state index in [1.54, 1.807) is 42.0 Å². The van der Waals surface area contributed by atoms with Crippen molar-refractivity contribution in [2.24, 2.45) is 0 Å². The van der Waals surface area contributed by atoms with E-state index in [0.717, 1.165) is 28.0 Å². The lowest BCUT2D eigenvalue weighted by atomic mass is 10.1. The highest BCUT2D eigenvalue weighted by molar-refractivity contribution is 7.99. The molecule has 0 N–H and O–H groups in total. The maximum Gasteiger partial charge on any atom is 0.261 e. The van der Waals surface area contributed by atoms with Crippen LogP contribution in [0.15, 0.2) is 78.0 Å². The fourth-order valence-electron chi connectivity index (χ4n) is 5.36. The Kier molecular flexibility index (Phi) is 10.1. The van der Waals surface area contributed by atoms with Gasteiger partial charge in [-0.25, -0.2) is 0 Å². The Morgan fingerprint density at radius 2 is 1.61 bits per heavy atom. The first-order valence-corrected chi connectivity index (χ1v) is 15.5. The number of ether oxygens (including phenoxy) is 3. The predicted octanol–water partition coefficient (Wildman–Crippen LogP) is 5.21. The van der Waals surface area contributed by atoms with Gasteiger partial charge in [-0.3, -0.25) is 14.2 Å². The van der Waals surface area contributed by atoms with Gasteiger partial charge in [0.15, 0.2) is 11.0 Å². The van der Waals surface area contributed by atoms with Crippen molar-refractivity contribution in [3.63, 3.8) is 0 Å². The smallest absolute Gasteiger partial charge is 0.261 e. The van der Waals surface area contributed by atoms with Crippen LogP contribution in [0.1, 0.15) is 30.1 Å². The molecule has 2 heterocycles. The number of methoxy groups -OCH3 is 3. The SMILES string of the molecule is COc1cccc(-c2nnc(SCCCC(=O)N3CCN(C(=O)c4c(OC)cccc4OC)C(C)C3)n2-c2ccccc2)c1. The number of amides is 2. The molecule has 1 saturated heterocycles. The number of hydrogen-bond acceptors (Lipinski definition) is 8. The zero-order valence-electron chi connectivity index (χ0n) is 25.4. The number of para-hydroxylation sites is 1. The zero-order valence-corrected chi connectivity index (χ0v) is 26.3. The first kappa shape index (κ1) is 30.9. The molecular formula is C33H37N5O5S. The van der Waals surface area contributed by atoms with E-state index in [9.17, 15) is 9.59 Å². The van der Waals surface area contributed by atoms with Crippen LogP contribution in [0.4, 0.5) is 0 Å². The van der Waals surface area contributed by atoms with Crippen molar-refractivity contribution in [3.05, 3.63) is 78.4 Å². The van der Waals surface area contributed by atoms with Gasteiger partial charge in [-0.2, -0.15) is 0 Å². The summed E-state index contributed by atoms with van der Waals surface area (Å²) in [6.45, 7) is 3.35. The molecule has 10 nitrogen and oxygen atoms in total. The monoisotopic (exact) mass is 615 g/mol. The third kappa shape index (κ3) is 6.67. The number of rotatable bonds is 11. The normalized spacial score (nSPS) is 14.8. The van der Waals surface area contributed by atoms with Gasteiger partial charge >= 0.3 is 0 Å². The van der Waals surface area contributed by atoms with Gasteiger partial charge < -0.3 is 24.0 Å². The molecule has 4 aromatic rings. The highest BCUT2D eigenvalue weighted by Gasteiger charge is 2.33. The third-order valence-electron chi connectivity index (χ3n) is 7.62. The maximum absolute atomic E-state index is 13.5. The van der Waals surface area contributed by atoms with Gasteiger partial charge in [-0.1, -0.05) is 48.2 Å². The molecule has 1 aliphatic rings. The summed E-state index contributed by atoms with van der Waals surface area (Å²) in [6, 6.07) is 22.9. The summed E-state index contributed by atoms with van der Waals surface area (Å²) in [5.41, 5.74) is 2.26. The van der Waals surface area contributed by atoms with E-state index >= 15 is 0 Å². The van der Waals surface area contributed by atoms with Crippen molar-refractivity contribution in [2.75, 3.05) is 46.7 Å². The molecule has 0 radical (unpaired) electrons. The molecule has 1 fully saturated rings. The minimum absolute atomic E-state index is 0.0843. The maximum atomic E-state index is 13.5. The van der Waals surface area contributed by atoms with E-state index < -0.39 is 0 Å². The number of benzene rings is 3. The van der Waals surface area contributed by atoms with Crippen molar-refractivity contribution < 1.29 is 23.8 Å². The lowest BCUT2D eigenvalue weighted by molar-refractivity contribution is -0.133. The summed E-state index contributed by atoms with van der Waals surface area (Å²) in [4.78, 5) is 30.3. The van der Waals surface area contributed by atoms with E-state index in [2.05, 4.69) is 10.2 Å². The van der Waals surface area contributed by atoms with Crippen LogP contribution in [0, 0.1) is 0 Å². The largest absolute Gasteiger partial charge is 0.497 e. The number of aromatic nitrogens is 3. The topological polar surface area (TPSA) is 99.0 Å². The van der Waals surface area contributed by atoms with E-state index in [-0.39, 0.29) is 17.9 Å². The van der Waals surface area contributed by atoms with Gasteiger partial charge in [-0.05, 0) is 49.7 Å². The van der Waals surface area contributed by atoms with Gasteiger partial charge in [0, 0.05) is 49.1 Å². The van der Waals surface area contributed by atoms with Crippen molar-refractivity contribution >= 4 is 23.6 Å². The Morgan fingerprint density at radius 3 is 2.30 bits per heavy atom. The van der Waals surface area contributed by atoms with Crippen LogP contribution in [-0.2, 0) is 4.79 Å². The van der Waals surface area contributed by atoms with Gasteiger partial charge in [0.1, 0.15) is 22.8 Å². The standard InChI is InChI=1S/C33H37N5O5S/c1-23-22-36(18-19-37(23)32(40)30-27(42-3)15-9-16-28(30)43-4)29(39)17-10-20-44-33-35-34-31(24-11-8-14-26(21-24)41-2)38(33)25-12-6-5-7-13-25/h5-9,11-16,21,23H,10,17-20,22H2,1-4H3. The van der Waals surface area contributed by atoms with Crippen molar-refractivity contribution in [1.29, 1.82) is 0 Å². The van der Waals surface area contributed by atoms with Crippen molar-refractivity contribution in [1.82, 2.24) is 24.6 Å². The number of nitrogens with zero attached hydrogens (tertiary/aromatic N) is 5. The fraction of sp³-hybridized carbons (Fsp3) is 0.333. The summed E-state index contributed by atoms with van der Waals surface area (Å²) in [7, 11) is 4.72. The first-order valence-electron chi connectivity index (χ1n) is 14.5. The highest BCUT2D eigenvalue weighted by Crippen LogP contribution is 2.32. The second kappa shape index (κ2) is 14.3. The third-order valence-corrected chi connectivity index (χ3v) is 8.64. The Labute approximate surface area is 261 Å². The lowest BCUT2D eigenvalue weighted by Crippen LogP contribution is -2.55. The Hall–Kier alpha value is -4.51. The number of thioether (sulfide) groups is 1. The fourth-order valence-corrected chi connectivity index (χ4v) is 6.25. The van der Waals surface area contributed by atoms with Crippen LogP contribution in [-0.4, -0.2) is 89.1 Å². The summed E-state index contributed by atoms with van der Waals surface area (Å²) in [5.74, 6) is 3.04. The Morgan fingerprint density at radius 1 is 0.886 bits per heavy atom. The van der Waals surface area contributed by atoms with Gasteiger partial charge in [0.25, 0.3) is 5.91 Å². The second-order valence-electron chi connectivity index (χ2n) is 10.4. The van der Waals surface area contributed by atoms with Gasteiger partial charge in [-0.15, -0.1) is 10.2 Å². The van der Waals surface area contributed by atoms with Crippen LogP contribution < -0.4 is 14.2 Å². The summed E-state index contributed by atoms with van der Waals surface area (Å²) in [5, 5.41) is 9.77. The van der Waals surface area contributed by atoms with Crippen LogP contribution in [0.2, 0.25) is 0 Å². The van der Waals surface area contributed by atoms with Gasteiger partial charge in [0.2, 0.25) is 5.91 Å². The average molecular weight is 616 g/mol. The van der Waals surface area contributed by atoms with E-state index in [0.29, 0.717) is 55.3 Å². The number of hydrogen-bond donors (Lipinski definition) is 0. The molecule has 5 rings (SSSR count). The number of carbonyl (C=O) groups is 2. The molecule has 3 aromatic carbocycles. The average Bonchev–Trinajstić information content (AvgIpc) is 3.50. The zero-order chi connectivity index (χ0) is 31.1. The minimum atomic E-state index is -0.161. The van der Waals surface area contributed by atoms with Crippen LogP contribution in [0.25, 0.3) is 17.1 Å². The second-order valence-corrected chi connectivity index (χ2v) is 11.4. The molecule has 230 valence electrons. The molecule has 0 bridgehead atoms. The van der Waals surface area contributed by atoms with Crippen LogP contribution >= 0.6 is 11.8 Å². The molecule has 1 unspecified atom stereocenters. The molecule has 2 amide bonds. The van der Waals surface area contributed by atoms with Crippen molar-refractivity contribution in [3.8, 4) is 34.3 Å². The molecule has 1 atom stereocenters. The number of piperazine rings is 1. The van der Waals surface area contributed by atoms with E-state index in [1.807, 2.05) is 71.0 Å². The predicted molar refractivity (Wildman–Crippen MR) is 170 cm³/mol. The number of carbonyl (C=O) groups excluding carboxylic acids is 2. The van der Waals surface area contributed by atoms with E-state index in [1.165, 1.54) is 14.2 Å². The molecule has 44 heavy (non-hydrogen) atoms. The molecule has 0 spiro atoms. The Balaban J connectivity index is 1.19. The summed E-state index contributed by atoms with van der Waals surface area (Å²) in [6.07, 6.45) is 1.10. The van der Waals surface area contributed by atoms with Crippen molar-refractivity contribution in [2.45, 2.75) is 31.0 Å². The lowest BCUT2D eigenvalue weighted by Gasteiger charge is -2.40. The molecule has 0 aliphatic carbocycles. The molecule has 1 aliphatic heterocycles.